The van der Waals surface area contributed by atoms with Gasteiger partial charge in [-0.25, -0.2) is 4.79 Å². The van der Waals surface area contributed by atoms with Crippen molar-refractivity contribution in [2.24, 2.45) is 0 Å². The van der Waals surface area contributed by atoms with Crippen molar-refractivity contribution in [3.8, 4) is 0 Å². The third kappa shape index (κ3) is 4.06. The summed E-state index contributed by atoms with van der Waals surface area (Å²) >= 11 is 1.46. The zero-order chi connectivity index (χ0) is 15.4. The van der Waals surface area contributed by atoms with Crippen molar-refractivity contribution in [2.75, 3.05) is 5.32 Å². The lowest BCUT2D eigenvalue weighted by molar-refractivity contribution is -0.136. The predicted octanol–water partition coefficient (Wildman–Crippen LogP) is 2.99. The molecule has 0 fully saturated rings. The second kappa shape index (κ2) is 6.41. The Morgan fingerprint density at radius 2 is 1.86 bits per heavy atom. The van der Waals surface area contributed by atoms with E-state index in [-0.39, 0.29) is 12.0 Å². The van der Waals surface area contributed by atoms with Crippen LogP contribution in [-0.4, -0.2) is 22.2 Å². The van der Waals surface area contributed by atoms with Gasteiger partial charge in [-0.05, 0) is 42.8 Å². The van der Waals surface area contributed by atoms with Gasteiger partial charge in [0.15, 0.2) is 0 Å². The van der Waals surface area contributed by atoms with Crippen molar-refractivity contribution in [3.63, 3.8) is 0 Å². The highest BCUT2D eigenvalue weighted by Gasteiger charge is 2.07. The molecule has 21 heavy (non-hydrogen) atoms. The van der Waals surface area contributed by atoms with E-state index in [4.69, 9.17) is 10.2 Å². The SMILES string of the molecule is Cc1cc(C(=O)O)ccc1NCc1ccc(CC(=O)O)s1. The van der Waals surface area contributed by atoms with Gasteiger partial charge < -0.3 is 15.5 Å². The molecule has 1 aromatic carbocycles. The van der Waals surface area contributed by atoms with Crippen LogP contribution in [0.25, 0.3) is 0 Å². The molecule has 1 aromatic heterocycles. The first kappa shape index (κ1) is 15.1. The van der Waals surface area contributed by atoms with E-state index in [0.717, 1.165) is 21.0 Å². The average Bonchev–Trinajstić information content (AvgIpc) is 2.83. The first-order valence-corrected chi connectivity index (χ1v) is 7.14. The number of carboxylic acid groups (broad SMARTS) is 2. The zero-order valence-corrected chi connectivity index (χ0v) is 12.2. The van der Waals surface area contributed by atoms with Gasteiger partial charge in [-0.3, -0.25) is 4.79 Å². The summed E-state index contributed by atoms with van der Waals surface area (Å²) in [4.78, 5) is 23.4. The summed E-state index contributed by atoms with van der Waals surface area (Å²) in [7, 11) is 0. The second-order valence-corrected chi connectivity index (χ2v) is 5.88. The number of benzene rings is 1. The van der Waals surface area contributed by atoms with Crippen LogP contribution >= 0.6 is 11.3 Å². The van der Waals surface area contributed by atoms with Gasteiger partial charge in [-0.15, -0.1) is 11.3 Å². The summed E-state index contributed by atoms with van der Waals surface area (Å²) in [5.74, 6) is -1.78. The molecule has 0 unspecified atom stereocenters. The van der Waals surface area contributed by atoms with Gasteiger partial charge in [-0.2, -0.15) is 0 Å². The lowest BCUT2D eigenvalue weighted by Crippen LogP contribution is -2.02. The van der Waals surface area contributed by atoms with E-state index in [9.17, 15) is 9.59 Å². The first-order valence-electron chi connectivity index (χ1n) is 6.33. The molecule has 0 saturated carbocycles. The van der Waals surface area contributed by atoms with E-state index >= 15 is 0 Å². The lowest BCUT2D eigenvalue weighted by atomic mass is 10.1. The van der Waals surface area contributed by atoms with Crippen LogP contribution in [-0.2, 0) is 17.8 Å². The van der Waals surface area contributed by atoms with Crippen LogP contribution in [0.3, 0.4) is 0 Å². The van der Waals surface area contributed by atoms with Crippen LogP contribution in [0.4, 0.5) is 5.69 Å². The summed E-state index contributed by atoms with van der Waals surface area (Å²) in [6, 6.07) is 8.63. The molecule has 0 atom stereocenters. The van der Waals surface area contributed by atoms with E-state index in [1.165, 1.54) is 11.3 Å². The minimum absolute atomic E-state index is 0.0387. The quantitative estimate of drug-likeness (QED) is 0.763. The number of hydrogen-bond acceptors (Lipinski definition) is 4. The van der Waals surface area contributed by atoms with E-state index in [0.29, 0.717) is 6.54 Å². The summed E-state index contributed by atoms with van der Waals surface area (Å²) in [5, 5.41) is 20.9. The molecule has 6 heteroatoms. The van der Waals surface area contributed by atoms with Gasteiger partial charge in [0.1, 0.15) is 0 Å². The highest BCUT2D eigenvalue weighted by molar-refractivity contribution is 7.12. The van der Waals surface area contributed by atoms with Crippen molar-refractivity contribution >= 4 is 29.0 Å². The van der Waals surface area contributed by atoms with Crippen molar-refractivity contribution in [3.05, 3.63) is 51.2 Å². The molecule has 5 nitrogen and oxygen atoms in total. The number of nitrogens with one attached hydrogen (secondary N) is 1. The smallest absolute Gasteiger partial charge is 0.335 e. The maximum Gasteiger partial charge on any atom is 0.335 e. The number of carbonyl (C=O) groups is 2. The highest BCUT2D eigenvalue weighted by Crippen LogP contribution is 2.21. The van der Waals surface area contributed by atoms with Gasteiger partial charge in [-0.1, -0.05) is 0 Å². The van der Waals surface area contributed by atoms with Crippen LogP contribution in [0.15, 0.2) is 30.3 Å². The van der Waals surface area contributed by atoms with Crippen LogP contribution < -0.4 is 5.32 Å². The molecule has 0 bridgehead atoms. The molecule has 3 N–H and O–H groups in total. The Morgan fingerprint density at radius 1 is 1.14 bits per heavy atom. The van der Waals surface area contributed by atoms with E-state index in [2.05, 4.69) is 5.32 Å². The zero-order valence-electron chi connectivity index (χ0n) is 11.4. The van der Waals surface area contributed by atoms with Crippen molar-refractivity contribution in [2.45, 2.75) is 19.9 Å². The van der Waals surface area contributed by atoms with E-state index in [1.54, 1.807) is 18.2 Å². The maximum absolute atomic E-state index is 10.9. The molecule has 0 radical (unpaired) electrons. The Labute approximate surface area is 125 Å². The standard InChI is InChI=1S/C15H15NO4S/c1-9-6-10(15(19)20)2-5-13(9)16-8-12-4-3-11(21-12)7-14(17)18/h2-6,16H,7-8H2,1H3,(H,17,18)(H,19,20). The fraction of sp³-hybridized carbons (Fsp3) is 0.200. The number of hydrogen-bond donors (Lipinski definition) is 3. The predicted molar refractivity (Wildman–Crippen MR) is 81.1 cm³/mol. The topological polar surface area (TPSA) is 86.6 Å². The number of aliphatic carboxylic acids is 1. The van der Waals surface area contributed by atoms with Crippen molar-refractivity contribution in [1.29, 1.82) is 0 Å². The molecular formula is C15H15NO4S. The van der Waals surface area contributed by atoms with Gasteiger partial charge in [0.2, 0.25) is 0 Å². The van der Waals surface area contributed by atoms with Crippen LogP contribution in [0.1, 0.15) is 25.7 Å². The van der Waals surface area contributed by atoms with E-state index in [1.807, 2.05) is 19.1 Å². The fourth-order valence-electron chi connectivity index (χ4n) is 1.94. The molecule has 1 heterocycles. The molecule has 0 spiro atoms. The molecule has 0 amide bonds. The summed E-state index contributed by atoms with van der Waals surface area (Å²) in [6.07, 6.45) is 0.0387. The average molecular weight is 305 g/mol. The minimum atomic E-state index is -0.943. The molecule has 0 aliphatic rings. The Morgan fingerprint density at radius 3 is 2.48 bits per heavy atom. The number of thiophene rings is 1. The van der Waals surface area contributed by atoms with Crippen molar-refractivity contribution < 1.29 is 19.8 Å². The number of carboxylic acids is 2. The molecule has 0 aliphatic heterocycles. The third-order valence-corrected chi connectivity index (χ3v) is 4.05. The molecule has 0 aliphatic carbocycles. The Bertz CT molecular complexity index is 678. The van der Waals surface area contributed by atoms with Gasteiger partial charge in [0.25, 0.3) is 0 Å². The Balaban J connectivity index is 2.01. The Hall–Kier alpha value is -2.34. The monoisotopic (exact) mass is 305 g/mol. The molecule has 2 aromatic rings. The number of aromatic carboxylic acids is 1. The molecule has 0 saturated heterocycles. The Kier molecular flexibility index (Phi) is 4.59. The maximum atomic E-state index is 10.9. The number of rotatable bonds is 6. The van der Waals surface area contributed by atoms with Crippen LogP contribution in [0, 0.1) is 6.92 Å². The van der Waals surface area contributed by atoms with Gasteiger partial charge in [0, 0.05) is 22.0 Å². The first-order chi connectivity index (χ1) is 9.95. The third-order valence-electron chi connectivity index (χ3n) is 2.97. The van der Waals surface area contributed by atoms with Crippen LogP contribution in [0.5, 0.6) is 0 Å². The van der Waals surface area contributed by atoms with Crippen molar-refractivity contribution in [1.82, 2.24) is 0 Å². The summed E-state index contributed by atoms with van der Waals surface area (Å²) in [5.41, 5.74) is 1.99. The highest BCUT2D eigenvalue weighted by atomic mass is 32.1. The van der Waals surface area contributed by atoms with Gasteiger partial charge in [0.05, 0.1) is 12.0 Å². The lowest BCUT2D eigenvalue weighted by Gasteiger charge is -2.09. The number of anilines is 1. The molecule has 2 rings (SSSR count). The largest absolute Gasteiger partial charge is 0.481 e. The number of aryl methyl sites for hydroxylation is 1. The summed E-state index contributed by atoms with van der Waals surface area (Å²) in [6.45, 7) is 2.43. The minimum Gasteiger partial charge on any atom is -0.481 e. The molecular weight excluding hydrogens is 290 g/mol. The fourth-order valence-corrected chi connectivity index (χ4v) is 2.89. The second-order valence-electron chi connectivity index (χ2n) is 4.63. The normalized spacial score (nSPS) is 10.3. The molecule has 110 valence electrons. The van der Waals surface area contributed by atoms with Crippen LogP contribution in [0.2, 0.25) is 0 Å². The van der Waals surface area contributed by atoms with Gasteiger partial charge >= 0.3 is 11.9 Å². The summed E-state index contributed by atoms with van der Waals surface area (Å²) < 4.78 is 0. The van der Waals surface area contributed by atoms with E-state index < -0.39 is 11.9 Å².